The number of hydrogen-bond donors (Lipinski definition) is 1. The molecule has 0 amide bonds. The molecule has 112 valence electrons. The lowest BCUT2D eigenvalue weighted by Gasteiger charge is -1.99. The van der Waals surface area contributed by atoms with Gasteiger partial charge in [0.15, 0.2) is 0 Å². The number of para-hydroxylation sites is 1. The number of benzene rings is 1. The molecular formula is C16H14N2O4. The Morgan fingerprint density at radius 2 is 2.23 bits per heavy atom. The number of aliphatic imine (C=N–C) groups is 1. The van der Waals surface area contributed by atoms with Gasteiger partial charge in [0.1, 0.15) is 28.7 Å². The number of nitriles is 1. The fraction of sp³-hybridized carbons (Fsp3) is 0.188. The molecule has 0 bridgehead atoms. The van der Waals surface area contributed by atoms with Gasteiger partial charge in [-0.05, 0) is 26.0 Å². The third kappa shape index (κ3) is 2.99. The molecule has 6 nitrogen and oxygen atoms in total. The van der Waals surface area contributed by atoms with Crippen molar-refractivity contribution in [1.82, 2.24) is 0 Å². The van der Waals surface area contributed by atoms with E-state index >= 15 is 0 Å². The number of aromatic hydroxyl groups is 1. The number of aryl methyl sites for hydroxylation is 1. The molecule has 0 radical (unpaired) electrons. The van der Waals surface area contributed by atoms with Gasteiger partial charge in [-0.25, -0.2) is 9.79 Å². The lowest BCUT2D eigenvalue weighted by molar-refractivity contribution is 0.0524. The molecule has 0 aliphatic rings. The van der Waals surface area contributed by atoms with Crippen LogP contribution in [0.5, 0.6) is 5.75 Å². The van der Waals surface area contributed by atoms with Crippen LogP contribution in [0.2, 0.25) is 0 Å². The SMILES string of the molecule is CCOC(=O)c1c(C)oc(/N=C/c2ccccc2O)c1C#N. The van der Waals surface area contributed by atoms with E-state index in [2.05, 4.69) is 4.99 Å². The van der Waals surface area contributed by atoms with E-state index in [1.165, 1.54) is 12.3 Å². The average molecular weight is 298 g/mol. The summed E-state index contributed by atoms with van der Waals surface area (Å²) in [6.45, 7) is 3.44. The van der Waals surface area contributed by atoms with Gasteiger partial charge in [0.2, 0.25) is 5.88 Å². The zero-order chi connectivity index (χ0) is 16.1. The number of rotatable bonds is 4. The van der Waals surface area contributed by atoms with Gasteiger partial charge >= 0.3 is 5.97 Å². The van der Waals surface area contributed by atoms with Crippen molar-refractivity contribution in [3.8, 4) is 11.8 Å². The van der Waals surface area contributed by atoms with Crippen molar-refractivity contribution >= 4 is 18.1 Å². The molecule has 1 aromatic heterocycles. The highest BCUT2D eigenvalue weighted by Crippen LogP contribution is 2.29. The summed E-state index contributed by atoms with van der Waals surface area (Å²) in [7, 11) is 0. The number of phenols is 1. The summed E-state index contributed by atoms with van der Waals surface area (Å²) in [5, 5.41) is 18.9. The van der Waals surface area contributed by atoms with Crippen LogP contribution in [-0.2, 0) is 4.74 Å². The minimum Gasteiger partial charge on any atom is -0.507 e. The Balaban J connectivity index is 2.41. The van der Waals surface area contributed by atoms with Crippen LogP contribution in [0, 0.1) is 18.3 Å². The van der Waals surface area contributed by atoms with Gasteiger partial charge in [-0.15, -0.1) is 0 Å². The van der Waals surface area contributed by atoms with Crippen molar-refractivity contribution < 1.29 is 19.1 Å². The van der Waals surface area contributed by atoms with Gasteiger partial charge in [0.05, 0.1) is 6.61 Å². The normalized spacial score (nSPS) is 10.6. The zero-order valence-electron chi connectivity index (χ0n) is 12.2. The summed E-state index contributed by atoms with van der Waals surface area (Å²) in [6.07, 6.45) is 1.36. The summed E-state index contributed by atoms with van der Waals surface area (Å²) in [5.41, 5.74) is 0.564. The lowest BCUT2D eigenvalue weighted by Crippen LogP contribution is -2.06. The minimum absolute atomic E-state index is 0.00584. The third-order valence-corrected chi connectivity index (χ3v) is 2.91. The highest BCUT2D eigenvalue weighted by Gasteiger charge is 2.24. The third-order valence-electron chi connectivity index (χ3n) is 2.91. The summed E-state index contributed by atoms with van der Waals surface area (Å²) in [5.74, 6) is -0.298. The van der Waals surface area contributed by atoms with Crippen molar-refractivity contribution in [3.63, 3.8) is 0 Å². The molecule has 0 saturated carbocycles. The molecule has 2 aromatic rings. The van der Waals surface area contributed by atoms with Crippen LogP contribution in [-0.4, -0.2) is 23.9 Å². The molecule has 1 aromatic carbocycles. The second-order valence-corrected chi connectivity index (χ2v) is 4.36. The molecule has 1 heterocycles. The van der Waals surface area contributed by atoms with E-state index in [0.717, 1.165) is 0 Å². The highest BCUT2D eigenvalue weighted by molar-refractivity contribution is 5.95. The number of ether oxygens (including phenoxy) is 1. The largest absolute Gasteiger partial charge is 0.507 e. The van der Waals surface area contributed by atoms with Gasteiger partial charge in [-0.3, -0.25) is 0 Å². The van der Waals surface area contributed by atoms with Gasteiger partial charge in [0, 0.05) is 11.8 Å². The van der Waals surface area contributed by atoms with Crippen molar-refractivity contribution in [2.75, 3.05) is 6.61 Å². The van der Waals surface area contributed by atoms with E-state index in [-0.39, 0.29) is 35.1 Å². The van der Waals surface area contributed by atoms with Crippen LogP contribution < -0.4 is 0 Å². The van der Waals surface area contributed by atoms with Crippen LogP contribution in [0.1, 0.15) is 34.2 Å². The van der Waals surface area contributed by atoms with Gasteiger partial charge < -0.3 is 14.3 Å². The standard InChI is InChI=1S/C16H14N2O4/c1-3-21-16(20)14-10(2)22-15(12(14)8-17)18-9-11-6-4-5-7-13(11)19/h4-7,9,19H,3H2,1-2H3/b18-9+. The Bertz CT molecular complexity index is 769. The predicted molar refractivity (Wildman–Crippen MR) is 79.5 cm³/mol. The van der Waals surface area contributed by atoms with Crippen LogP contribution >= 0.6 is 0 Å². The molecule has 22 heavy (non-hydrogen) atoms. The number of carbonyl (C=O) groups is 1. The molecule has 6 heteroatoms. The predicted octanol–water partition coefficient (Wildman–Crippen LogP) is 3.09. The van der Waals surface area contributed by atoms with Crippen molar-refractivity contribution in [1.29, 1.82) is 5.26 Å². The lowest BCUT2D eigenvalue weighted by atomic mass is 10.1. The quantitative estimate of drug-likeness (QED) is 0.691. The van der Waals surface area contributed by atoms with Crippen LogP contribution in [0.25, 0.3) is 0 Å². The van der Waals surface area contributed by atoms with E-state index < -0.39 is 5.97 Å². The zero-order valence-corrected chi connectivity index (χ0v) is 12.2. The number of hydrogen-bond acceptors (Lipinski definition) is 6. The summed E-state index contributed by atoms with van der Waals surface area (Å²) in [4.78, 5) is 15.9. The summed E-state index contributed by atoms with van der Waals surface area (Å²) < 4.78 is 10.3. The van der Waals surface area contributed by atoms with Crippen molar-refractivity contribution in [2.24, 2.45) is 4.99 Å². The Morgan fingerprint density at radius 3 is 2.86 bits per heavy atom. The average Bonchev–Trinajstić information content (AvgIpc) is 2.82. The molecule has 0 spiro atoms. The van der Waals surface area contributed by atoms with E-state index in [1.54, 1.807) is 32.0 Å². The van der Waals surface area contributed by atoms with Crippen molar-refractivity contribution in [2.45, 2.75) is 13.8 Å². The first-order chi connectivity index (χ1) is 10.6. The maximum absolute atomic E-state index is 11.9. The first-order valence-corrected chi connectivity index (χ1v) is 6.61. The number of nitrogens with zero attached hydrogens (tertiary/aromatic N) is 2. The molecule has 2 rings (SSSR count). The molecule has 0 atom stereocenters. The fourth-order valence-corrected chi connectivity index (χ4v) is 1.90. The first kappa shape index (κ1) is 15.3. The number of carbonyl (C=O) groups excluding carboxylic acids is 1. The fourth-order valence-electron chi connectivity index (χ4n) is 1.90. The second kappa shape index (κ2) is 6.59. The smallest absolute Gasteiger partial charge is 0.343 e. The number of furan rings is 1. The molecule has 0 aliphatic carbocycles. The van der Waals surface area contributed by atoms with E-state index in [1.807, 2.05) is 6.07 Å². The maximum Gasteiger partial charge on any atom is 0.343 e. The van der Waals surface area contributed by atoms with E-state index in [0.29, 0.717) is 5.56 Å². The van der Waals surface area contributed by atoms with Gasteiger partial charge in [-0.1, -0.05) is 12.1 Å². The maximum atomic E-state index is 11.9. The molecule has 0 unspecified atom stereocenters. The first-order valence-electron chi connectivity index (χ1n) is 6.61. The summed E-state index contributed by atoms with van der Waals surface area (Å²) in [6, 6.07) is 8.51. The summed E-state index contributed by atoms with van der Waals surface area (Å²) >= 11 is 0. The molecule has 0 saturated heterocycles. The molecular weight excluding hydrogens is 284 g/mol. The van der Waals surface area contributed by atoms with Crippen LogP contribution in [0.3, 0.4) is 0 Å². The Kier molecular flexibility index (Phi) is 4.59. The van der Waals surface area contributed by atoms with Gasteiger partial charge in [-0.2, -0.15) is 5.26 Å². The van der Waals surface area contributed by atoms with Crippen molar-refractivity contribution in [3.05, 3.63) is 46.7 Å². The molecule has 0 aliphatic heterocycles. The number of phenolic OH excluding ortho intramolecular Hbond substituents is 1. The van der Waals surface area contributed by atoms with Gasteiger partial charge in [0.25, 0.3) is 0 Å². The van der Waals surface area contributed by atoms with E-state index in [4.69, 9.17) is 9.15 Å². The van der Waals surface area contributed by atoms with Crippen LogP contribution in [0.4, 0.5) is 5.88 Å². The Hall–Kier alpha value is -3.07. The molecule has 0 fully saturated rings. The van der Waals surface area contributed by atoms with Crippen LogP contribution in [0.15, 0.2) is 33.7 Å². The minimum atomic E-state index is -0.621. The Morgan fingerprint density at radius 1 is 1.50 bits per heavy atom. The monoisotopic (exact) mass is 298 g/mol. The second-order valence-electron chi connectivity index (χ2n) is 4.36. The molecule has 1 N–H and O–H groups in total. The highest BCUT2D eigenvalue weighted by atomic mass is 16.5. The van der Waals surface area contributed by atoms with E-state index in [9.17, 15) is 15.2 Å². The Labute approximate surface area is 127 Å². The number of esters is 1. The topological polar surface area (TPSA) is 95.8 Å².